The van der Waals surface area contributed by atoms with Crippen LogP contribution in [0.1, 0.15) is 108 Å². The molecule has 3 aromatic rings. The third kappa shape index (κ3) is 7.95. The number of benzene rings is 3. The second kappa shape index (κ2) is 15.8. The fourth-order valence-corrected chi connectivity index (χ4v) is 7.52. The van der Waals surface area contributed by atoms with Crippen molar-refractivity contribution in [3.05, 3.63) is 101 Å². The molecule has 0 bridgehead atoms. The molecule has 5 rings (SSSR count). The minimum absolute atomic E-state index is 0.194. The molecule has 234 valence electrons. The lowest BCUT2D eigenvalue weighted by molar-refractivity contribution is 0.190. The first-order chi connectivity index (χ1) is 21.5. The van der Waals surface area contributed by atoms with Crippen molar-refractivity contribution >= 4 is 5.57 Å². The number of rotatable bonds is 12. The van der Waals surface area contributed by atoms with E-state index in [2.05, 4.69) is 32.1 Å². The van der Waals surface area contributed by atoms with Gasteiger partial charge in [0, 0.05) is 11.1 Å². The van der Waals surface area contributed by atoms with Gasteiger partial charge in [-0.05, 0) is 116 Å². The topological polar surface area (TPSA) is 0 Å². The maximum absolute atomic E-state index is 15.4. The zero-order chi connectivity index (χ0) is 30.9. The van der Waals surface area contributed by atoms with Gasteiger partial charge in [-0.15, -0.1) is 0 Å². The molecule has 1 fully saturated rings. The highest BCUT2D eigenvalue weighted by molar-refractivity contribution is 5.74. The van der Waals surface area contributed by atoms with Crippen LogP contribution in [0.4, 0.5) is 13.2 Å². The lowest BCUT2D eigenvalue weighted by atomic mass is 9.70. The van der Waals surface area contributed by atoms with Gasteiger partial charge < -0.3 is 0 Å². The number of allylic oxidation sites excluding steroid dienone is 4. The Kier molecular flexibility index (Phi) is 11.6. The van der Waals surface area contributed by atoms with Crippen LogP contribution in [0.2, 0.25) is 0 Å². The van der Waals surface area contributed by atoms with Gasteiger partial charge in [0.25, 0.3) is 0 Å². The van der Waals surface area contributed by atoms with Crippen LogP contribution in [0.3, 0.4) is 0 Å². The Balaban J connectivity index is 1.19. The smallest absolute Gasteiger partial charge is 0.166 e. The van der Waals surface area contributed by atoms with Crippen molar-refractivity contribution in [3.63, 3.8) is 0 Å². The summed E-state index contributed by atoms with van der Waals surface area (Å²) in [6, 6.07) is 16.2. The lowest BCUT2D eigenvalue weighted by Gasteiger charge is -2.35. The van der Waals surface area contributed by atoms with Crippen molar-refractivity contribution in [2.24, 2.45) is 17.8 Å². The number of halogens is 3. The Bertz CT molecular complexity index is 1420. The molecule has 0 N–H and O–H groups in total. The van der Waals surface area contributed by atoms with Crippen molar-refractivity contribution in [1.82, 2.24) is 0 Å². The second-order valence-corrected chi connectivity index (χ2v) is 13.2. The van der Waals surface area contributed by atoms with Crippen LogP contribution in [0.15, 0.2) is 72.8 Å². The van der Waals surface area contributed by atoms with Gasteiger partial charge in [-0.25, -0.2) is 13.2 Å². The molecule has 0 saturated heterocycles. The highest BCUT2D eigenvalue weighted by atomic mass is 19.2. The number of unbranched alkanes of at least 4 members (excludes halogenated alkanes) is 3. The van der Waals surface area contributed by atoms with Crippen LogP contribution >= 0.6 is 0 Å². The highest BCUT2D eigenvalue weighted by Gasteiger charge is 2.29. The molecule has 0 radical (unpaired) electrons. The zero-order valence-electron chi connectivity index (χ0n) is 26.7. The van der Waals surface area contributed by atoms with E-state index in [0.717, 1.165) is 79.4 Å². The second-order valence-electron chi connectivity index (χ2n) is 13.2. The minimum atomic E-state index is -0.795. The predicted octanol–water partition coefficient (Wildman–Crippen LogP) is 12.9. The standard InChI is InChI=1S/C41H49F3/c1-3-5-7-9-11-35-24-27-38(41(44)40(35)43)34-22-18-32(19-23-34)36-25-26-37(39(42)28-36)33-20-16-31(17-21-33)30-14-12-29(13-15-30)10-8-6-4-2/h4,6,18-20,22-31H,3,5,7-17,21H2,1-2H3/b6-4+. The molecule has 0 aromatic heterocycles. The maximum atomic E-state index is 15.4. The van der Waals surface area contributed by atoms with E-state index in [4.69, 9.17) is 0 Å². The molecule has 0 spiro atoms. The van der Waals surface area contributed by atoms with Gasteiger partial charge in [-0.3, -0.25) is 0 Å². The third-order valence-corrected chi connectivity index (χ3v) is 10.3. The summed E-state index contributed by atoms with van der Waals surface area (Å²) in [7, 11) is 0. The van der Waals surface area contributed by atoms with E-state index >= 15 is 4.39 Å². The number of aryl methyl sites for hydroxylation is 1. The van der Waals surface area contributed by atoms with Crippen LogP contribution in [0.5, 0.6) is 0 Å². The lowest BCUT2D eigenvalue weighted by Crippen LogP contribution is -2.23. The van der Waals surface area contributed by atoms with E-state index in [1.165, 1.54) is 38.5 Å². The molecule has 0 amide bonds. The van der Waals surface area contributed by atoms with E-state index in [1.807, 2.05) is 24.3 Å². The normalized spacial score (nSPS) is 20.7. The average molecular weight is 599 g/mol. The zero-order valence-corrected chi connectivity index (χ0v) is 26.7. The van der Waals surface area contributed by atoms with Crippen molar-refractivity contribution in [1.29, 1.82) is 0 Å². The van der Waals surface area contributed by atoms with Gasteiger partial charge >= 0.3 is 0 Å². The van der Waals surface area contributed by atoms with Crippen LogP contribution in [-0.4, -0.2) is 0 Å². The molecule has 3 heteroatoms. The molecule has 0 nitrogen and oxygen atoms in total. The fraction of sp³-hybridized carbons (Fsp3) is 0.463. The maximum Gasteiger partial charge on any atom is 0.166 e. The largest absolute Gasteiger partial charge is 0.206 e. The summed E-state index contributed by atoms with van der Waals surface area (Å²) in [4.78, 5) is 0. The fourth-order valence-electron chi connectivity index (χ4n) is 7.52. The molecular formula is C41H49F3. The van der Waals surface area contributed by atoms with Gasteiger partial charge in [-0.2, -0.15) is 0 Å². The number of hydrogen-bond donors (Lipinski definition) is 0. The molecule has 3 aromatic carbocycles. The summed E-state index contributed by atoms with van der Waals surface area (Å²) in [5.74, 6) is 0.710. The summed E-state index contributed by atoms with van der Waals surface area (Å²) in [5.41, 5.74) is 4.79. The van der Waals surface area contributed by atoms with Crippen molar-refractivity contribution in [2.45, 2.75) is 104 Å². The minimum Gasteiger partial charge on any atom is -0.206 e. The van der Waals surface area contributed by atoms with Crippen molar-refractivity contribution in [2.75, 3.05) is 0 Å². The summed E-state index contributed by atoms with van der Waals surface area (Å²) in [6.45, 7) is 4.24. The Labute approximate surface area is 263 Å². The van der Waals surface area contributed by atoms with Gasteiger partial charge in [0.2, 0.25) is 0 Å². The van der Waals surface area contributed by atoms with Crippen LogP contribution in [0, 0.1) is 35.2 Å². The monoisotopic (exact) mass is 598 g/mol. The third-order valence-electron chi connectivity index (χ3n) is 10.3. The van der Waals surface area contributed by atoms with Crippen LogP contribution in [-0.2, 0) is 6.42 Å². The first-order valence-electron chi connectivity index (χ1n) is 17.2. The van der Waals surface area contributed by atoms with E-state index in [0.29, 0.717) is 23.1 Å². The van der Waals surface area contributed by atoms with Crippen LogP contribution < -0.4 is 0 Å². The first kappa shape index (κ1) is 32.3. The Hall–Kier alpha value is -3.07. The quantitative estimate of drug-likeness (QED) is 0.144. The van der Waals surface area contributed by atoms with E-state index in [1.54, 1.807) is 30.3 Å². The molecule has 0 heterocycles. The van der Waals surface area contributed by atoms with Gasteiger partial charge in [0.15, 0.2) is 11.6 Å². The SMILES string of the molecule is C/C=C/CCC1CCC(C2CC=C(c3ccc(-c4ccc(-c5ccc(CCCCCC)c(F)c5F)cc4)cc3F)CC2)CC1. The van der Waals surface area contributed by atoms with E-state index in [9.17, 15) is 8.78 Å². The van der Waals surface area contributed by atoms with Crippen LogP contribution in [0.25, 0.3) is 27.8 Å². The van der Waals surface area contributed by atoms with Gasteiger partial charge in [0.05, 0.1) is 0 Å². The molecule has 1 atom stereocenters. The Morgan fingerprint density at radius 3 is 2.14 bits per heavy atom. The van der Waals surface area contributed by atoms with E-state index < -0.39 is 11.6 Å². The average Bonchev–Trinajstić information content (AvgIpc) is 3.06. The van der Waals surface area contributed by atoms with Crippen molar-refractivity contribution in [3.8, 4) is 22.3 Å². The molecule has 0 aliphatic heterocycles. The van der Waals surface area contributed by atoms with E-state index in [-0.39, 0.29) is 11.4 Å². The highest BCUT2D eigenvalue weighted by Crippen LogP contribution is 2.42. The summed E-state index contributed by atoms with van der Waals surface area (Å²) in [6.07, 6.45) is 22.5. The molecule has 44 heavy (non-hydrogen) atoms. The van der Waals surface area contributed by atoms with Gasteiger partial charge in [0.1, 0.15) is 5.82 Å². The Morgan fingerprint density at radius 2 is 1.45 bits per heavy atom. The van der Waals surface area contributed by atoms with Crippen molar-refractivity contribution < 1.29 is 13.2 Å². The van der Waals surface area contributed by atoms with Gasteiger partial charge in [-0.1, -0.05) is 106 Å². The molecular weight excluding hydrogens is 549 g/mol. The molecule has 2 aliphatic carbocycles. The number of hydrogen-bond acceptors (Lipinski definition) is 0. The molecule has 2 aliphatic rings. The predicted molar refractivity (Wildman–Crippen MR) is 180 cm³/mol. The first-order valence-corrected chi connectivity index (χ1v) is 17.2. The summed E-state index contributed by atoms with van der Waals surface area (Å²) in [5, 5.41) is 0. The Morgan fingerprint density at radius 1 is 0.727 bits per heavy atom. The summed E-state index contributed by atoms with van der Waals surface area (Å²) < 4.78 is 45.2. The molecule has 1 saturated carbocycles. The summed E-state index contributed by atoms with van der Waals surface area (Å²) >= 11 is 0. The molecule has 1 unspecified atom stereocenters.